The van der Waals surface area contributed by atoms with Crippen molar-refractivity contribution in [2.75, 3.05) is 6.61 Å². The highest BCUT2D eigenvalue weighted by Crippen LogP contribution is 2.44. The Labute approximate surface area is 136 Å². The van der Waals surface area contributed by atoms with Crippen LogP contribution in [-0.2, 0) is 4.43 Å². The molecule has 7 heteroatoms. The van der Waals surface area contributed by atoms with Crippen LogP contribution in [-0.4, -0.2) is 40.6 Å². The summed E-state index contributed by atoms with van der Waals surface area (Å²) in [6.45, 7) is 10.7. The number of hydrogen-bond donors (Lipinski definition) is 0. The van der Waals surface area contributed by atoms with Crippen LogP contribution < -0.4 is 9.47 Å². The van der Waals surface area contributed by atoms with E-state index in [1.165, 1.54) is 0 Å². The zero-order chi connectivity index (χ0) is 16.5. The van der Waals surface area contributed by atoms with Crippen LogP contribution in [0.2, 0.25) is 5.04 Å². The number of fused-ring (bicyclic) bond motifs is 1. The maximum absolute atomic E-state index is 11.2. The Bertz CT molecular complexity index is 573. The van der Waals surface area contributed by atoms with Gasteiger partial charge in [-0.05, 0) is 18.9 Å². The topological polar surface area (TPSA) is 61.8 Å². The average molecular weight is 342 g/mol. The quantitative estimate of drug-likeness (QED) is 0.608. The van der Waals surface area contributed by atoms with E-state index in [1.807, 2.05) is 13.8 Å². The van der Waals surface area contributed by atoms with Crippen LogP contribution in [0.4, 0.5) is 0 Å². The second kappa shape index (κ2) is 6.14. The first kappa shape index (κ1) is 17.2. The van der Waals surface area contributed by atoms with E-state index < -0.39 is 15.4 Å². The predicted molar refractivity (Wildman–Crippen MR) is 88.4 cm³/mol. The molecule has 2 heterocycles. The molecule has 1 aliphatic rings. The van der Waals surface area contributed by atoms with Crippen molar-refractivity contribution in [3.8, 4) is 11.5 Å². The Balaban J connectivity index is 2.19. The van der Waals surface area contributed by atoms with Gasteiger partial charge in [0.1, 0.15) is 16.4 Å². The molecule has 0 aromatic carbocycles. The minimum atomic E-state index is -0.748. The van der Waals surface area contributed by atoms with Crippen molar-refractivity contribution in [2.45, 2.75) is 51.4 Å². The standard InChI is InChI=1S/C15H22O5SSi/c1-14(2,3)22-20-15(4,5)11-8-18-12-9(6-16)21-10(7-17)13(12)19-11/h6-7,11H,8,22H2,1-5H3. The Morgan fingerprint density at radius 1 is 1.14 bits per heavy atom. The van der Waals surface area contributed by atoms with Gasteiger partial charge in [-0.15, -0.1) is 11.3 Å². The van der Waals surface area contributed by atoms with Crippen LogP contribution in [0.3, 0.4) is 0 Å². The molecule has 0 saturated carbocycles. The molecular formula is C15H22O5SSi. The summed E-state index contributed by atoms with van der Waals surface area (Å²) >= 11 is 1.09. The Morgan fingerprint density at radius 3 is 2.27 bits per heavy atom. The van der Waals surface area contributed by atoms with Crippen LogP contribution in [0.25, 0.3) is 0 Å². The van der Waals surface area contributed by atoms with E-state index >= 15 is 0 Å². The van der Waals surface area contributed by atoms with Gasteiger partial charge in [0.15, 0.2) is 39.9 Å². The van der Waals surface area contributed by atoms with Crippen molar-refractivity contribution in [2.24, 2.45) is 0 Å². The van der Waals surface area contributed by atoms with Gasteiger partial charge in [0.25, 0.3) is 0 Å². The minimum absolute atomic E-state index is 0.180. The molecule has 5 nitrogen and oxygen atoms in total. The predicted octanol–water partition coefficient (Wildman–Crippen LogP) is 2.61. The number of carbonyl (C=O) groups is 2. The monoisotopic (exact) mass is 342 g/mol. The highest BCUT2D eigenvalue weighted by atomic mass is 32.1. The lowest BCUT2D eigenvalue weighted by Crippen LogP contribution is -2.49. The van der Waals surface area contributed by atoms with Crippen LogP contribution in [0.15, 0.2) is 0 Å². The van der Waals surface area contributed by atoms with E-state index in [1.54, 1.807) is 0 Å². The van der Waals surface area contributed by atoms with Crippen molar-refractivity contribution < 1.29 is 23.5 Å². The van der Waals surface area contributed by atoms with E-state index in [4.69, 9.17) is 13.9 Å². The van der Waals surface area contributed by atoms with Gasteiger partial charge in [-0.3, -0.25) is 9.59 Å². The summed E-state index contributed by atoms with van der Waals surface area (Å²) < 4.78 is 17.8. The zero-order valence-electron chi connectivity index (χ0n) is 13.6. The first-order chi connectivity index (χ1) is 10.2. The fourth-order valence-electron chi connectivity index (χ4n) is 2.01. The molecule has 22 heavy (non-hydrogen) atoms. The lowest BCUT2D eigenvalue weighted by Gasteiger charge is -2.38. The molecular weight excluding hydrogens is 320 g/mol. The number of ether oxygens (including phenoxy) is 2. The molecule has 1 aromatic rings. The maximum atomic E-state index is 11.2. The lowest BCUT2D eigenvalue weighted by molar-refractivity contribution is -0.0497. The van der Waals surface area contributed by atoms with Crippen molar-refractivity contribution in [3.05, 3.63) is 9.75 Å². The van der Waals surface area contributed by atoms with E-state index in [2.05, 4.69) is 20.8 Å². The van der Waals surface area contributed by atoms with Crippen molar-refractivity contribution in [1.82, 2.24) is 0 Å². The Hall–Kier alpha value is -1.18. The highest BCUT2D eigenvalue weighted by molar-refractivity contribution is 7.16. The third-order valence-corrected chi connectivity index (χ3v) is 6.14. The normalized spacial score (nSPS) is 18.7. The molecule has 1 unspecified atom stereocenters. The van der Waals surface area contributed by atoms with Crippen molar-refractivity contribution >= 4 is 33.7 Å². The van der Waals surface area contributed by atoms with Gasteiger partial charge in [-0.1, -0.05) is 20.8 Å². The molecule has 0 bridgehead atoms. The lowest BCUT2D eigenvalue weighted by atomic mass is 10.0. The summed E-state index contributed by atoms with van der Waals surface area (Å²) in [5.41, 5.74) is -0.513. The van der Waals surface area contributed by atoms with E-state index in [9.17, 15) is 9.59 Å². The van der Waals surface area contributed by atoms with Crippen LogP contribution >= 0.6 is 11.3 Å². The van der Waals surface area contributed by atoms with Crippen LogP contribution in [0.5, 0.6) is 11.5 Å². The van der Waals surface area contributed by atoms with Crippen molar-refractivity contribution in [1.29, 1.82) is 0 Å². The minimum Gasteiger partial charge on any atom is -0.484 e. The first-order valence-electron chi connectivity index (χ1n) is 7.18. The molecule has 0 N–H and O–H groups in total. The third kappa shape index (κ3) is 3.59. The highest BCUT2D eigenvalue weighted by Gasteiger charge is 2.39. The third-order valence-electron chi connectivity index (χ3n) is 3.38. The molecule has 2 rings (SSSR count). The first-order valence-corrected chi connectivity index (χ1v) is 9.28. The smallest absolute Gasteiger partial charge is 0.184 e. The van der Waals surface area contributed by atoms with Gasteiger partial charge in [-0.25, -0.2) is 0 Å². The fraction of sp³-hybridized carbons (Fsp3) is 0.600. The molecule has 1 aliphatic heterocycles. The molecule has 0 radical (unpaired) electrons. The number of hydrogen-bond acceptors (Lipinski definition) is 6. The van der Waals surface area contributed by atoms with Gasteiger partial charge in [0.2, 0.25) is 0 Å². The van der Waals surface area contributed by atoms with Gasteiger partial charge in [-0.2, -0.15) is 0 Å². The molecule has 0 aliphatic carbocycles. The number of carbonyl (C=O) groups excluding carboxylic acids is 2. The molecule has 122 valence electrons. The summed E-state index contributed by atoms with van der Waals surface area (Å²) in [5.74, 6) is 0.745. The van der Waals surface area contributed by atoms with Gasteiger partial charge < -0.3 is 13.9 Å². The van der Waals surface area contributed by atoms with Crippen LogP contribution in [0.1, 0.15) is 54.0 Å². The average Bonchev–Trinajstić information content (AvgIpc) is 2.81. The number of thiophene rings is 1. The van der Waals surface area contributed by atoms with E-state index in [0.717, 1.165) is 11.3 Å². The van der Waals surface area contributed by atoms with Crippen molar-refractivity contribution in [3.63, 3.8) is 0 Å². The molecule has 0 amide bonds. The van der Waals surface area contributed by atoms with E-state index in [0.29, 0.717) is 40.4 Å². The molecule has 0 fully saturated rings. The van der Waals surface area contributed by atoms with E-state index in [-0.39, 0.29) is 11.1 Å². The van der Waals surface area contributed by atoms with Gasteiger partial charge in [0.05, 0.1) is 5.60 Å². The second-order valence-corrected chi connectivity index (χ2v) is 10.9. The zero-order valence-corrected chi connectivity index (χ0v) is 15.8. The Kier molecular flexibility index (Phi) is 4.79. The number of aldehydes is 2. The SMILES string of the molecule is CC(C)(C)[SiH2]OC(C)(C)C1COc2c(C=O)sc(C=O)c2O1. The molecule has 1 atom stereocenters. The van der Waals surface area contributed by atoms with Crippen LogP contribution in [0, 0.1) is 0 Å². The fourth-order valence-corrected chi connectivity index (χ4v) is 3.81. The second-order valence-electron chi connectivity index (χ2n) is 7.09. The summed E-state index contributed by atoms with van der Waals surface area (Å²) in [6, 6.07) is 0. The summed E-state index contributed by atoms with van der Waals surface area (Å²) in [6.07, 6.45) is 1.07. The summed E-state index contributed by atoms with van der Waals surface area (Å²) in [4.78, 5) is 23.0. The summed E-state index contributed by atoms with van der Waals surface area (Å²) in [5, 5.41) is 0.180. The molecule has 1 aromatic heterocycles. The Morgan fingerprint density at radius 2 is 1.73 bits per heavy atom. The summed E-state index contributed by atoms with van der Waals surface area (Å²) in [7, 11) is -0.748. The van der Waals surface area contributed by atoms with Gasteiger partial charge in [0, 0.05) is 0 Å². The number of rotatable bonds is 5. The molecule has 0 spiro atoms. The largest absolute Gasteiger partial charge is 0.484 e. The molecule has 0 saturated heterocycles. The maximum Gasteiger partial charge on any atom is 0.184 e. The van der Waals surface area contributed by atoms with Gasteiger partial charge >= 0.3 is 0 Å².